The first kappa shape index (κ1) is 27.3. The van der Waals surface area contributed by atoms with Gasteiger partial charge in [-0.25, -0.2) is 4.79 Å². The molecule has 2 N–H and O–H groups in total. The molecule has 176 valence electrons. The molecule has 32 heavy (non-hydrogen) atoms. The Kier molecular flexibility index (Phi) is 10.0. The lowest BCUT2D eigenvalue weighted by molar-refractivity contribution is -0.141. The smallest absolute Gasteiger partial charge is 0.408 e. The summed E-state index contributed by atoms with van der Waals surface area (Å²) < 4.78 is 5.24. The zero-order chi connectivity index (χ0) is 24.6. The molecule has 0 aliphatic heterocycles. The molecule has 2 unspecified atom stereocenters. The number of thiol groups is 1. The highest BCUT2D eigenvalue weighted by Crippen LogP contribution is 2.26. The molecule has 0 radical (unpaired) electrons. The van der Waals surface area contributed by atoms with Crippen LogP contribution >= 0.6 is 12.6 Å². The molecule has 0 saturated heterocycles. The highest BCUT2D eigenvalue weighted by molar-refractivity contribution is 7.80. The van der Waals surface area contributed by atoms with E-state index in [2.05, 4.69) is 23.3 Å². The minimum Gasteiger partial charge on any atom is -0.444 e. The lowest BCUT2D eigenvalue weighted by Gasteiger charge is -2.33. The Balaban J connectivity index is 3.41. The van der Waals surface area contributed by atoms with E-state index in [1.54, 1.807) is 20.8 Å². The topological polar surface area (TPSA) is 112 Å². The average Bonchev–Trinajstić information content (AvgIpc) is 2.65. The van der Waals surface area contributed by atoms with Crippen LogP contribution in [0.25, 0.3) is 0 Å². The van der Waals surface area contributed by atoms with Crippen molar-refractivity contribution in [1.29, 1.82) is 5.26 Å². The van der Waals surface area contributed by atoms with Crippen LogP contribution < -0.4 is 10.6 Å². The number of carbonyl (C=O) groups excluding carboxylic acids is 3. The van der Waals surface area contributed by atoms with Crippen LogP contribution in [-0.2, 0) is 14.3 Å². The second kappa shape index (κ2) is 11.8. The van der Waals surface area contributed by atoms with Gasteiger partial charge >= 0.3 is 6.09 Å². The summed E-state index contributed by atoms with van der Waals surface area (Å²) in [4.78, 5) is 40.1. The SMILES string of the molecule is Cc1ccc(C)c(C(C(=O)NC(C)C)N(CC#N)C(=O)C(CS)NC(=O)OC(C)(C)C)c1. The van der Waals surface area contributed by atoms with Gasteiger partial charge in [0.15, 0.2) is 0 Å². The van der Waals surface area contributed by atoms with E-state index in [-0.39, 0.29) is 18.3 Å². The minimum absolute atomic E-state index is 0.0364. The molecular formula is C23H34N4O4S. The van der Waals surface area contributed by atoms with Crippen molar-refractivity contribution in [2.75, 3.05) is 12.3 Å². The predicted octanol–water partition coefficient (Wildman–Crippen LogP) is 3.04. The first-order valence-corrected chi connectivity index (χ1v) is 11.1. The van der Waals surface area contributed by atoms with E-state index in [1.807, 2.05) is 52.0 Å². The van der Waals surface area contributed by atoms with E-state index < -0.39 is 35.6 Å². The normalized spacial score (nSPS) is 13.0. The number of benzene rings is 1. The van der Waals surface area contributed by atoms with Crippen molar-refractivity contribution in [3.05, 3.63) is 34.9 Å². The molecule has 1 aromatic carbocycles. The fourth-order valence-corrected chi connectivity index (χ4v) is 3.32. The molecule has 0 fully saturated rings. The number of ether oxygens (including phenoxy) is 1. The van der Waals surface area contributed by atoms with Gasteiger partial charge in [-0.05, 0) is 59.6 Å². The van der Waals surface area contributed by atoms with Gasteiger partial charge in [0.1, 0.15) is 24.2 Å². The molecular weight excluding hydrogens is 428 g/mol. The molecule has 2 atom stereocenters. The number of alkyl carbamates (subject to hydrolysis) is 1. The maximum Gasteiger partial charge on any atom is 0.408 e. The summed E-state index contributed by atoms with van der Waals surface area (Å²) in [6.45, 7) is 12.1. The molecule has 8 nitrogen and oxygen atoms in total. The minimum atomic E-state index is -1.08. The molecule has 0 aliphatic rings. The fraction of sp³-hybridized carbons (Fsp3) is 0.565. The zero-order valence-electron chi connectivity index (χ0n) is 19.9. The predicted molar refractivity (Wildman–Crippen MR) is 126 cm³/mol. The Morgan fingerprint density at radius 2 is 1.81 bits per heavy atom. The lowest BCUT2D eigenvalue weighted by atomic mass is 9.96. The van der Waals surface area contributed by atoms with Crippen LogP contribution in [0.4, 0.5) is 4.79 Å². The molecule has 0 aromatic heterocycles. The second-order valence-corrected chi connectivity index (χ2v) is 9.30. The Morgan fingerprint density at radius 1 is 1.19 bits per heavy atom. The molecule has 1 aromatic rings. The summed E-state index contributed by atoms with van der Waals surface area (Å²) in [5.41, 5.74) is 1.58. The van der Waals surface area contributed by atoms with Crippen LogP contribution in [0.1, 0.15) is 57.4 Å². The molecule has 1 rings (SSSR count). The van der Waals surface area contributed by atoms with Crippen molar-refractivity contribution in [3.63, 3.8) is 0 Å². The summed E-state index contributed by atoms with van der Waals surface area (Å²) in [6, 6.07) is 5.27. The van der Waals surface area contributed by atoms with Crippen molar-refractivity contribution in [2.24, 2.45) is 0 Å². The maximum atomic E-state index is 13.4. The molecule has 0 heterocycles. The lowest BCUT2D eigenvalue weighted by Crippen LogP contribution is -2.54. The number of amides is 3. The van der Waals surface area contributed by atoms with Crippen molar-refractivity contribution < 1.29 is 19.1 Å². The van der Waals surface area contributed by atoms with Crippen LogP contribution in [-0.4, -0.2) is 52.8 Å². The van der Waals surface area contributed by atoms with Crippen LogP contribution in [0.3, 0.4) is 0 Å². The third kappa shape index (κ3) is 8.08. The van der Waals surface area contributed by atoms with Crippen molar-refractivity contribution >= 4 is 30.5 Å². The van der Waals surface area contributed by atoms with E-state index in [0.29, 0.717) is 5.56 Å². The van der Waals surface area contributed by atoms with Crippen LogP contribution in [0, 0.1) is 25.2 Å². The van der Waals surface area contributed by atoms with Crippen LogP contribution in [0.15, 0.2) is 18.2 Å². The number of rotatable bonds is 8. The second-order valence-electron chi connectivity index (χ2n) is 8.93. The highest BCUT2D eigenvalue weighted by Gasteiger charge is 2.36. The number of carbonyl (C=O) groups is 3. The molecule has 0 spiro atoms. The van der Waals surface area contributed by atoms with Gasteiger partial charge in [-0.2, -0.15) is 17.9 Å². The van der Waals surface area contributed by atoms with Gasteiger partial charge in [-0.15, -0.1) is 0 Å². The van der Waals surface area contributed by atoms with Gasteiger partial charge < -0.3 is 20.3 Å². The third-order valence-electron chi connectivity index (χ3n) is 4.42. The van der Waals surface area contributed by atoms with E-state index in [9.17, 15) is 19.6 Å². The van der Waals surface area contributed by atoms with Crippen molar-refractivity contribution in [3.8, 4) is 6.07 Å². The third-order valence-corrected chi connectivity index (χ3v) is 4.78. The highest BCUT2D eigenvalue weighted by atomic mass is 32.1. The van der Waals surface area contributed by atoms with Crippen LogP contribution in [0.5, 0.6) is 0 Å². The molecule has 0 bridgehead atoms. The van der Waals surface area contributed by atoms with E-state index >= 15 is 0 Å². The quantitative estimate of drug-likeness (QED) is 0.406. The summed E-state index contributed by atoms with van der Waals surface area (Å²) in [6.07, 6.45) is -0.781. The average molecular weight is 463 g/mol. The summed E-state index contributed by atoms with van der Waals surface area (Å²) in [5, 5.41) is 14.8. The number of nitriles is 1. The number of hydrogen-bond donors (Lipinski definition) is 3. The van der Waals surface area contributed by atoms with Crippen molar-refractivity contribution in [1.82, 2.24) is 15.5 Å². The largest absolute Gasteiger partial charge is 0.444 e. The van der Waals surface area contributed by atoms with Crippen LogP contribution in [0.2, 0.25) is 0 Å². The number of aryl methyl sites for hydroxylation is 2. The molecule has 0 saturated carbocycles. The Morgan fingerprint density at radius 3 is 2.31 bits per heavy atom. The van der Waals surface area contributed by atoms with E-state index in [4.69, 9.17) is 4.74 Å². The van der Waals surface area contributed by atoms with Gasteiger partial charge in [-0.3, -0.25) is 9.59 Å². The summed E-state index contributed by atoms with van der Waals surface area (Å²) >= 11 is 4.20. The van der Waals surface area contributed by atoms with Crippen molar-refractivity contribution in [2.45, 2.75) is 72.2 Å². The Hall–Kier alpha value is -2.73. The van der Waals surface area contributed by atoms with E-state index in [1.165, 1.54) is 4.90 Å². The molecule has 3 amide bonds. The zero-order valence-corrected chi connectivity index (χ0v) is 20.7. The Bertz CT molecular complexity index is 874. The van der Waals surface area contributed by atoms with E-state index in [0.717, 1.165) is 11.1 Å². The van der Waals surface area contributed by atoms with Gasteiger partial charge in [0.05, 0.1) is 6.07 Å². The van der Waals surface area contributed by atoms with Gasteiger partial charge in [0.2, 0.25) is 11.8 Å². The van der Waals surface area contributed by atoms with Gasteiger partial charge in [0.25, 0.3) is 0 Å². The summed E-state index contributed by atoms with van der Waals surface area (Å²) in [5.74, 6) is -1.05. The van der Waals surface area contributed by atoms with Gasteiger partial charge in [-0.1, -0.05) is 23.8 Å². The Labute approximate surface area is 196 Å². The number of nitrogens with one attached hydrogen (secondary N) is 2. The fourth-order valence-electron chi connectivity index (χ4n) is 3.08. The number of hydrogen-bond acceptors (Lipinski definition) is 6. The standard InChI is InChI=1S/C23H34N4O4S/c1-14(2)25-20(28)19(17-12-15(3)8-9-16(17)4)27(11-10-24)21(29)18(13-32)26-22(30)31-23(5,6)7/h8-9,12,14,18-19,32H,11,13H2,1-7H3,(H,25,28)(H,26,30). The molecule has 0 aliphatic carbocycles. The summed E-state index contributed by atoms with van der Waals surface area (Å²) in [7, 11) is 0. The first-order chi connectivity index (χ1) is 14.8. The maximum absolute atomic E-state index is 13.4. The monoisotopic (exact) mass is 462 g/mol. The van der Waals surface area contributed by atoms with Gasteiger partial charge in [0, 0.05) is 11.8 Å². The molecule has 9 heteroatoms. The number of nitrogens with zero attached hydrogens (tertiary/aromatic N) is 2. The first-order valence-electron chi connectivity index (χ1n) is 10.5.